The predicted molar refractivity (Wildman–Crippen MR) is 103 cm³/mol. The van der Waals surface area contributed by atoms with Gasteiger partial charge in [-0.05, 0) is 49.8 Å². The Kier molecular flexibility index (Phi) is 6.30. The van der Waals surface area contributed by atoms with Gasteiger partial charge in [0.15, 0.2) is 11.5 Å². The third-order valence-corrected chi connectivity index (χ3v) is 5.91. The molecule has 2 saturated carbocycles. The highest BCUT2D eigenvalue weighted by Crippen LogP contribution is 2.35. The molecule has 4 rings (SSSR count). The van der Waals surface area contributed by atoms with E-state index in [1.807, 2.05) is 12.1 Å². The van der Waals surface area contributed by atoms with Gasteiger partial charge in [0.05, 0.1) is 0 Å². The number of amides is 1. The first-order valence-corrected chi connectivity index (χ1v) is 9.65. The molecule has 0 bridgehead atoms. The molecule has 1 aromatic carbocycles. The SMILES string of the molecule is Cl.NC1CCC(C(=O)N(Cc2ccc3c(c2)OCO3)C2CCCCC2)C1. The second kappa shape index (κ2) is 8.49. The van der Waals surface area contributed by atoms with E-state index in [9.17, 15) is 4.79 Å². The molecule has 1 aromatic rings. The molecular formula is C20H29ClN2O3. The molecule has 0 saturated heterocycles. The fraction of sp³-hybridized carbons (Fsp3) is 0.650. The van der Waals surface area contributed by atoms with E-state index in [4.69, 9.17) is 15.2 Å². The normalized spacial score (nSPS) is 25.0. The molecule has 6 heteroatoms. The van der Waals surface area contributed by atoms with E-state index in [1.54, 1.807) is 0 Å². The maximum Gasteiger partial charge on any atom is 0.231 e. The fourth-order valence-electron chi connectivity index (χ4n) is 4.49. The molecule has 5 nitrogen and oxygen atoms in total. The van der Waals surface area contributed by atoms with Crippen molar-refractivity contribution in [3.63, 3.8) is 0 Å². The highest BCUT2D eigenvalue weighted by molar-refractivity contribution is 5.85. The van der Waals surface area contributed by atoms with Gasteiger partial charge in [-0.1, -0.05) is 25.3 Å². The molecule has 144 valence electrons. The third-order valence-electron chi connectivity index (χ3n) is 5.91. The van der Waals surface area contributed by atoms with Gasteiger partial charge in [0, 0.05) is 24.5 Å². The van der Waals surface area contributed by atoms with Crippen LogP contribution < -0.4 is 15.2 Å². The van der Waals surface area contributed by atoms with Gasteiger partial charge in [0.2, 0.25) is 12.7 Å². The third kappa shape index (κ3) is 4.09. The maximum atomic E-state index is 13.2. The standard InChI is InChI=1S/C20H28N2O3.ClH/c21-16-8-7-15(11-16)20(23)22(17-4-2-1-3-5-17)12-14-6-9-18-19(10-14)25-13-24-18;/h6,9-10,15-17H,1-5,7-8,11-13,21H2;1H. The Morgan fingerprint density at radius 2 is 1.85 bits per heavy atom. The molecule has 2 unspecified atom stereocenters. The van der Waals surface area contributed by atoms with Crippen molar-refractivity contribution < 1.29 is 14.3 Å². The number of halogens is 1. The van der Waals surface area contributed by atoms with Crippen molar-refractivity contribution >= 4 is 18.3 Å². The number of benzene rings is 1. The lowest BCUT2D eigenvalue weighted by atomic mass is 9.92. The van der Waals surface area contributed by atoms with Crippen LogP contribution in [0.15, 0.2) is 18.2 Å². The predicted octanol–water partition coefficient (Wildman–Crippen LogP) is 3.63. The molecule has 26 heavy (non-hydrogen) atoms. The molecule has 2 atom stereocenters. The number of carbonyl (C=O) groups is 1. The maximum absolute atomic E-state index is 13.2. The number of nitrogens with zero attached hydrogens (tertiary/aromatic N) is 1. The van der Waals surface area contributed by atoms with Gasteiger partial charge in [-0.25, -0.2) is 0 Å². The number of carbonyl (C=O) groups excluding carboxylic acids is 1. The summed E-state index contributed by atoms with van der Waals surface area (Å²) in [7, 11) is 0. The van der Waals surface area contributed by atoms with Crippen molar-refractivity contribution in [1.82, 2.24) is 4.90 Å². The van der Waals surface area contributed by atoms with Crippen LogP contribution in [0.25, 0.3) is 0 Å². The Bertz CT molecular complexity index is 633. The first-order chi connectivity index (χ1) is 12.2. The summed E-state index contributed by atoms with van der Waals surface area (Å²) >= 11 is 0. The molecule has 1 amide bonds. The average Bonchev–Trinajstić information content (AvgIpc) is 3.28. The number of fused-ring (bicyclic) bond motifs is 1. The van der Waals surface area contributed by atoms with Gasteiger partial charge in [0.1, 0.15) is 0 Å². The molecule has 2 N–H and O–H groups in total. The Labute approximate surface area is 161 Å². The number of hydrogen-bond acceptors (Lipinski definition) is 4. The smallest absolute Gasteiger partial charge is 0.231 e. The highest BCUT2D eigenvalue weighted by atomic mass is 35.5. The molecule has 2 aliphatic carbocycles. The van der Waals surface area contributed by atoms with E-state index in [-0.39, 0.29) is 31.2 Å². The molecular weight excluding hydrogens is 352 g/mol. The minimum absolute atomic E-state index is 0. The highest BCUT2D eigenvalue weighted by Gasteiger charge is 2.34. The summed E-state index contributed by atoms with van der Waals surface area (Å²) in [4.78, 5) is 15.4. The molecule has 0 spiro atoms. The number of ether oxygens (including phenoxy) is 2. The summed E-state index contributed by atoms with van der Waals surface area (Å²) in [6.07, 6.45) is 8.72. The summed E-state index contributed by atoms with van der Waals surface area (Å²) in [6.45, 7) is 0.940. The molecule has 1 heterocycles. The first kappa shape index (κ1) is 19.3. The molecule has 1 aliphatic heterocycles. The zero-order valence-corrected chi connectivity index (χ0v) is 16.0. The van der Waals surface area contributed by atoms with Gasteiger partial charge >= 0.3 is 0 Å². The molecule has 2 fully saturated rings. The van der Waals surface area contributed by atoms with E-state index >= 15 is 0 Å². The zero-order chi connectivity index (χ0) is 17.2. The van der Waals surface area contributed by atoms with Crippen molar-refractivity contribution in [2.24, 2.45) is 11.7 Å². The van der Waals surface area contributed by atoms with Gasteiger partial charge in [-0.2, -0.15) is 0 Å². The monoisotopic (exact) mass is 380 g/mol. The van der Waals surface area contributed by atoms with Crippen molar-refractivity contribution in [1.29, 1.82) is 0 Å². The van der Waals surface area contributed by atoms with E-state index < -0.39 is 0 Å². The lowest BCUT2D eigenvalue weighted by Crippen LogP contribution is -2.43. The van der Waals surface area contributed by atoms with Gasteiger partial charge < -0.3 is 20.1 Å². The van der Waals surface area contributed by atoms with Crippen molar-refractivity contribution in [2.45, 2.75) is 70.0 Å². The summed E-state index contributed by atoms with van der Waals surface area (Å²) in [5.74, 6) is 1.99. The van der Waals surface area contributed by atoms with E-state index in [1.165, 1.54) is 19.3 Å². The molecule has 0 radical (unpaired) electrons. The summed E-state index contributed by atoms with van der Waals surface area (Å²) < 4.78 is 10.9. The Morgan fingerprint density at radius 3 is 2.58 bits per heavy atom. The van der Waals surface area contributed by atoms with Crippen LogP contribution in [0.5, 0.6) is 11.5 Å². The lowest BCUT2D eigenvalue weighted by Gasteiger charge is -2.36. The van der Waals surface area contributed by atoms with Crippen LogP contribution in [-0.2, 0) is 11.3 Å². The molecule has 3 aliphatic rings. The van der Waals surface area contributed by atoms with Crippen molar-refractivity contribution in [3.8, 4) is 11.5 Å². The fourth-order valence-corrected chi connectivity index (χ4v) is 4.49. The van der Waals surface area contributed by atoms with Gasteiger partial charge in [0.25, 0.3) is 0 Å². The Balaban J connectivity index is 0.00000196. The van der Waals surface area contributed by atoms with Crippen molar-refractivity contribution in [2.75, 3.05) is 6.79 Å². The number of hydrogen-bond donors (Lipinski definition) is 1. The first-order valence-electron chi connectivity index (χ1n) is 9.65. The Morgan fingerprint density at radius 1 is 1.08 bits per heavy atom. The number of nitrogens with two attached hydrogens (primary N) is 1. The van der Waals surface area contributed by atoms with Crippen LogP contribution in [0.2, 0.25) is 0 Å². The minimum Gasteiger partial charge on any atom is -0.454 e. The van der Waals surface area contributed by atoms with E-state index in [0.717, 1.165) is 49.2 Å². The van der Waals surface area contributed by atoms with Gasteiger partial charge in [-0.3, -0.25) is 4.79 Å². The van der Waals surface area contributed by atoms with Crippen LogP contribution in [0, 0.1) is 5.92 Å². The van der Waals surface area contributed by atoms with Crippen LogP contribution in [0.1, 0.15) is 56.9 Å². The summed E-state index contributed by atoms with van der Waals surface area (Å²) in [6, 6.07) is 6.58. The van der Waals surface area contributed by atoms with Crippen LogP contribution in [0.3, 0.4) is 0 Å². The summed E-state index contributed by atoms with van der Waals surface area (Å²) in [5, 5.41) is 0. The quantitative estimate of drug-likeness (QED) is 0.866. The van der Waals surface area contributed by atoms with Crippen LogP contribution in [-0.4, -0.2) is 29.7 Å². The van der Waals surface area contributed by atoms with Crippen molar-refractivity contribution in [3.05, 3.63) is 23.8 Å². The number of rotatable bonds is 4. The Hall–Kier alpha value is -1.46. The lowest BCUT2D eigenvalue weighted by molar-refractivity contribution is -0.139. The largest absolute Gasteiger partial charge is 0.454 e. The summed E-state index contributed by atoms with van der Waals surface area (Å²) in [5.41, 5.74) is 7.17. The van der Waals surface area contributed by atoms with Crippen LogP contribution >= 0.6 is 12.4 Å². The van der Waals surface area contributed by atoms with Gasteiger partial charge in [-0.15, -0.1) is 12.4 Å². The second-order valence-corrected chi connectivity index (χ2v) is 7.72. The average molecular weight is 381 g/mol. The minimum atomic E-state index is 0. The van der Waals surface area contributed by atoms with Crippen LogP contribution in [0.4, 0.5) is 0 Å². The topological polar surface area (TPSA) is 64.8 Å². The second-order valence-electron chi connectivity index (χ2n) is 7.72. The van der Waals surface area contributed by atoms with E-state index in [2.05, 4.69) is 11.0 Å². The molecule has 0 aromatic heterocycles. The van der Waals surface area contributed by atoms with E-state index in [0.29, 0.717) is 18.5 Å². The zero-order valence-electron chi connectivity index (χ0n) is 15.2.